The average Bonchev–Trinajstić information content (AvgIpc) is 1.81. The third-order valence-electron chi connectivity index (χ3n) is 1.35. The molecule has 0 rings (SSSR count). The van der Waals surface area contributed by atoms with Gasteiger partial charge in [-0.2, -0.15) is 0 Å². The van der Waals surface area contributed by atoms with Crippen LogP contribution in [0.15, 0.2) is 11.3 Å². The van der Waals surface area contributed by atoms with Crippen molar-refractivity contribution in [2.75, 3.05) is 0 Å². The first-order chi connectivity index (χ1) is 4.95. The summed E-state index contributed by atoms with van der Waals surface area (Å²) in [6, 6.07) is 0. The van der Waals surface area contributed by atoms with E-state index in [1.807, 2.05) is 13.8 Å². The number of nitrogens with two attached hydrogens (primary N) is 1. The monoisotopic (exact) mass is 157 g/mol. The Balaban J connectivity index is 4.39. The molecule has 0 saturated carbocycles. The maximum Gasteiger partial charge on any atom is 0.333 e. The van der Waals surface area contributed by atoms with Gasteiger partial charge in [0.25, 0.3) is 0 Å². The highest BCUT2D eigenvalue weighted by Crippen LogP contribution is 2.12. The lowest BCUT2D eigenvalue weighted by atomic mass is 10.0. The standard InChI is InChI=1S/C8H15NO2/c1-5(2)4-7(6(3)9)8(10)11/h5H,4,9H2,1-3H3,(H,10,11)/b7-6-. The molecule has 64 valence electrons. The molecule has 0 spiro atoms. The minimum Gasteiger partial charge on any atom is -0.478 e. The molecule has 0 fully saturated rings. The van der Waals surface area contributed by atoms with Gasteiger partial charge in [0.2, 0.25) is 0 Å². The highest BCUT2D eigenvalue weighted by atomic mass is 16.4. The van der Waals surface area contributed by atoms with E-state index in [0.717, 1.165) is 0 Å². The van der Waals surface area contributed by atoms with E-state index in [9.17, 15) is 4.79 Å². The smallest absolute Gasteiger partial charge is 0.333 e. The molecule has 3 nitrogen and oxygen atoms in total. The van der Waals surface area contributed by atoms with Gasteiger partial charge in [0.05, 0.1) is 5.57 Å². The van der Waals surface area contributed by atoms with E-state index in [4.69, 9.17) is 10.8 Å². The predicted octanol–water partition coefficient (Wildman–Crippen LogP) is 1.35. The van der Waals surface area contributed by atoms with Crippen LogP contribution in [0.4, 0.5) is 0 Å². The molecule has 11 heavy (non-hydrogen) atoms. The number of carboxylic acids is 1. The highest BCUT2D eigenvalue weighted by Gasteiger charge is 2.10. The summed E-state index contributed by atoms with van der Waals surface area (Å²) in [4.78, 5) is 10.5. The number of allylic oxidation sites excluding steroid dienone is 1. The summed E-state index contributed by atoms with van der Waals surface area (Å²) in [6.45, 7) is 5.55. The largest absolute Gasteiger partial charge is 0.478 e. The lowest BCUT2D eigenvalue weighted by molar-refractivity contribution is -0.133. The fourth-order valence-electron chi connectivity index (χ4n) is 0.825. The fraction of sp³-hybridized carbons (Fsp3) is 0.625. The maximum absolute atomic E-state index is 10.5. The van der Waals surface area contributed by atoms with E-state index in [-0.39, 0.29) is 0 Å². The maximum atomic E-state index is 10.5. The Bertz CT molecular complexity index is 179. The van der Waals surface area contributed by atoms with Crippen molar-refractivity contribution in [1.29, 1.82) is 0 Å². The summed E-state index contributed by atoms with van der Waals surface area (Å²) in [5, 5.41) is 8.65. The Kier molecular flexibility index (Phi) is 3.65. The fourth-order valence-corrected chi connectivity index (χ4v) is 0.825. The SMILES string of the molecule is C/C(N)=C(\CC(C)C)C(=O)O. The summed E-state index contributed by atoms with van der Waals surface area (Å²) >= 11 is 0. The van der Waals surface area contributed by atoms with Gasteiger partial charge >= 0.3 is 5.97 Å². The van der Waals surface area contributed by atoms with Crippen molar-refractivity contribution >= 4 is 5.97 Å². The molecule has 0 saturated heterocycles. The van der Waals surface area contributed by atoms with E-state index < -0.39 is 5.97 Å². The molecule has 0 aliphatic carbocycles. The van der Waals surface area contributed by atoms with Crippen LogP contribution in [0.25, 0.3) is 0 Å². The number of carboxylic acid groups (broad SMARTS) is 1. The molecule has 0 aromatic carbocycles. The second kappa shape index (κ2) is 4.01. The van der Waals surface area contributed by atoms with Gasteiger partial charge in [0, 0.05) is 5.70 Å². The van der Waals surface area contributed by atoms with Crippen LogP contribution in [0.1, 0.15) is 27.2 Å². The number of hydrogen-bond acceptors (Lipinski definition) is 2. The van der Waals surface area contributed by atoms with Crippen molar-refractivity contribution in [3.63, 3.8) is 0 Å². The molecule has 0 aromatic rings. The number of aliphatic carboxylic acids is 1. The van der Waals surface area contributed by atoms with E-state index in [0.29, 0.717) is 23.6 Å². The van der Waals surface area contributed by atoms with Gasteiger partial charge in [0.1, 0.15) is 0 Å². The van der Waals surface area contributed by atoms with E-state index in [1.165, 1.54) is 0 Å². The zero-order valence-electron chi connectivity index (χ0n) is 7.22. The number of carbonyl (C=O) groups is 1. The Morgan fingerprint density at radius 3 is 2.09 bits per heavy atom. The third kappa shape index (κ3) is 3.65. The van der Waals surface area contributed by atoms with Gasteiger partial charge < -0.3 is 10.8 Å². The van der Waals surface area contributed by atoms with Gasteiger partial charge in [-0.15, -0.1) is 0 Å². The van der Waals surface area contributed by atoms with Gasteiger partial charge in [-0.1, -0.05) is 13.8 Å². The average molecular weight is 157 g/mol. The first-order valence-electron chi connectivity index (χ1n) is 3.63. The first-order valence-corrected chi connectivity index (χ1v) is 3.63. The van der Waals surface area contributed by atoms with Gasteiger partial charge in [0.15, 0.2) is 0 Å². The Morgan fingerprint density at radius 2 is 2.00 bits per heavy atom. The normalized spacial score (nSPS) is 13.1. The van der Waals surface area contributed by atoms with Crippen LogP contribution >= 0.6 is 0 Å². The van der Waals surface area contributed by atoms with Crippen molar-refractivity contribution in [2.45, 2.75) is 27.2 Å². The van der Waals surface area contributed by atoms with E-state index in [1.54, 1.807) is 6.92 Å². The molecule has 3 heteroatoms. The summed E-state index contributed by atoms with van der Waals surface area (Å²) in [7, 11) is 0. The van der Waals surface area contributed by atoms with Crippen molar-refractivity contribution in [3.8, 4) is 0 Å². The van der Waals surface area contributed by atoms with Crippen LogP contribution in [0.5, 0.6) is 0 Å². The summed E-state index contributed by atoms with van der Waals surface area (Å²) in [5.74, 6) is -0.571. The van der Waals surface area contributed by atoms with Crippen molar-refractivity contribution in [3.05, 3.63) is 11.3 Å². The second-order valence-corrected chi connectivity index (χ2v) is 3.06. The van der Waals surface area contributed by atoms with Gasteiger partial charge in [-0.3, -0.25) is 0 Å². The van der Waals surface area contributed by atoms with Crippen LogP contribution in [-0.2, 0) is 4.79 Å². The first kappa shape index (κ1) is 10.0. The molecule has 0 bridgehead atoms. The van der Waals surface area contributed by atoms with Crippen LogP contribution in [0.3, 0.4) is 0 Å². The molecule has 0 atom stereocenters. The van der Waals surface area contributed by atoms with E-state index in [2.05, 4.69) is 0 Å². The van der Waals surface area contributed by atoms with Crippen molar-refractivity contribution < 1.29 is 9.90 Å². The zero-order valence-corrected chi connectivity index (χ0v) is 7.22. The summed E-state index contributed by atoms with van der Waals surface area (Å²) in [6.07, 6.45) is 0.539. The molecule has 3 N–H and O–H groups in total. The summed E-state index contributed by atoms with van der Waals surface area (Å²) < 4.78 is 0. The van der Waals surface area contributed by atoms with E-state index >= 15 is 0 Å². The molecule has 0 aliphatic heterocycles. The minimum absolute atomic E-state index is 0.333. The minimum atomic E-state index is -0.904. The van der Waals surface area contributed by atoms with Crippen LogP contribution in [-0.4, -0.2) is 11.1 Å². The molecule has 0 unspecified atom stereocenters. The Labute approximate surface area is 66.9 Å². The molecular weight excluding hydrogens is 142 g/mol. The zero-order chi connectivity index (χ0) is 9.02. The quantitative estimate of drug-likeness (QED) is 0.608. The lowest BCUT2D eigenvalue weighted by Crippen LogP contribution is -2.10. The highest BCUT2D eigenvalue weighted by molar-refractivity contribution is 5.87. The van der Waals surface area contributed by atoms with Crippen molar-refractivity contribution in [1.82, 2.24) is 0 Å². The van der Waals surface area contributed by atoms with Gasteiger partial charge in [-0.25, -0.2) is 4.79 Å². The predicted molar refractivity (Wildman–Crippen MR) is 44.0 cm³/mol. The Hall–Kier alpha value is -0.990. The third-order valence-corrected chi connectivity index (χ3v) is 1.35. The molecular formula is C8H15NO2. The van der Waals surface area contributed by atoms with Crippen LogP contribution in [0, 0.1) is 5.92 Å². The lowest BCUT2D eigenvalue weighted by Gasteiger charge is -2.06. The Morgan fingerprint density at radius 1 is 1.55 bits per heavy atom. The molecule has 0 radical (unpaired) electrons. The molecule has 0 aliphatic rings. The molecule has 0 heterocycles. The second-order valence-electron chi connectivity index (χ2n) is 3.06. The molecule has 0 amide bonds. The van der Waals surface area contributed by atoms with Crippen LogP contribution < -0.4 is 5.73 Å². The van der Waals surface area contributed by atoms with Gasteiger partial charge in [-0.05, 0) is 19.3 Å². The number of hydrogen-bond donors (Lipinski definition) is 2. The number of rotatable bonds is 3. The molecule has 0 aromatic heterocycles. The summed E-state index contributed by atoms with van der Waals surface area (Å²) in [5.41, 5.74) is 6.13. The van der Waals surface area contributed by atoms with Crippen molar-refractivity contribution in [2.24, 2.45) is 11.7 Å². The van der Waals surface area contributed by atoms with Crippen LogP contribution in [0.2, 0.25) is 0 Å². The topological polar surface area (TPSA) is 63.3 Å².